The average molecular weight is 430 g/mol. The van der Waals surface area contributed by atoms with Crippen LogP contribution >= 0.6 is 11.6 Å². The summed E-state index contributed by atoms with van der Waals surface area (Å²) in [7, 11) is 0. The summed E-state index contributed by atoms with van der Waals surface area (Å²) in [4.78, 5) is 0. The lowest BCUT2D eigenvalue weighted by Crippen LogP contribution is -2.47. The van der Waals surface area contributed by atoms with Gasteiger partial charge in [0.25, 0.3) is 0 Å². The molecule has 0 amide bonds. The summed E-state index contributed by atoms with van der Waals surface area (Å²) in [5.41, 5.74) is 5.38. The molecule has 4 atom stereocenters. The van der Waals surface area contributed by atoms with Gasteiger partial charge in [0, 0.05) is 21.6 Å². The van der Waals surface area contributed by atoms with Gasteiger partial charge in [-0.3, -0.25) is 0 Å². The van der Waals surface area contributed by atoms with Gasteiger partial charge >= 0.3 is 0 Å². The smallest absolute Gasteiger partial charge is 0.0971 e. The highest BCUT2D eigenvalue weighted by Crippen LogP contribution is 2.52. The number of rotatable bonds is 2. The van der Waals surface area contributed by atoms with Gasteiger partial charge in [0.1, 0.15) is 0 Å². The SMILES string of the molecule is C[C@H]1C(O)C(C#N)=C[C@@]2(C)c3c(c(-c4ccccc4)nn3-c3ccc(Cl)cc3)CC[C@H]12. The molecule has 1 N–H and O–H groups in total. The number of hydrogen-bond acceptors (Lipinski definition) is 3. The summed E-state index contributed by atoms with van der Waals surface area (Å²) >= 11 is 6.15. The summed E-state index contributed by atoms with van der Waals surface area (Å²) in [5, 5.41) is 26.2. The van der Waals surface area contributed by atoms with Gasteiger partial charge in [-0.25, -0.2) is 4.68 Å². The van der Waals surface area contributed by atoms with Gasteiger partial charge in [0.15, 0.2) is 0 Å². The number of aromatic nitrogens is 2. The van der Waals surface area contributed by atoms with Gasteiger partial charge in [0.2, 0.25) is 0 Å². The molecular weight excluding hydrogens is 406 g/mol. The minimum absolute atomic E-state index is 0.00783. The Hall–Kier alpha value is -2.87. The maximum atomic E-state index is 10.7. The number of nitrogens with zero attached hydrogens (tertiary/aromatic N) is 3. The zero-order valence-corrected chi connectivity index (χ0v) is 18.3. The average Bonchev–Trinajstić information content (AvgIpc) is 3.18. The second-order valence-electron chi connectivity index (χ2n) is 8.87. The Morgan fingerprint density at radius 3 is 2.55 bits per heavy atom. The van der Waals surface area contributed by atoms with Crippen LogP contribution in [-0.4, -0.2) is 21.0 Å². The predicted molar refractivity (Wildman–Crippen MR) is 122 cm³/mol. The quantitative estimate of drug-likeness (QED) is 0.587. The molecule has 31 heavy (non-hydrogen) atoms. The van der Waals surface area contributed by atoms with E-state index in [2.05, 4.69) is 32.0 Å². The first-order valence-electron chi connectivity index (χ1n) is 10.7. The molecule has 2 aliphatic carbocycles. The third kappa shape index (κ3) is 3.04. The van der Waals surface area contributed by atoms with Crippen molar-refractivity contribution >= 4 is 11.6 Å². The van der Waals surface area contributed by atoms with E-state index >= 15 is 0 Å². The van der Waals surface area contributed by atoms with E-state index in [1.807, 2.05) is 53.2 Å². The number of hydrogen-bond donors (Lipinski definition) is 1. The number of aliphatic hydroxyl groups excluding tert-OH is 1. The van der Waals surface area contributed by atoms with E-state index < -0.39 is 11.5 Å². The normalized spacial score (nSPS) is 27.1. The van der Waals surface area contributed by atoms with Crippen LogP contribution in [0.15, 0.2) is 66.2 Å². The van der Waals surface area contributed by atoms with Crippen LogP contribution in [0.5, 0.6) is 0 Å². The summed E-state index contributed by atoms with van der Waals surface area (Å²) in [6, 6.07) is 20.2. The summed E-state index contributed by atoms with van der Waals surface area (Å²) in [6.45, 7) is 4.25. The Balaban J connectivity index is 1.81. The lowest BCUT2D eigenvalue weighted by Gasteiger charge is -2.47. The van der Waals surface area contributed by atoms with Crippen LogP contribution in [0.2, 0.25) is 5.02 Å². The van der Waals surface area contributed by atoms with Gasteiger partial charge in [0.05, 0.1) is 34.8 Å². The van der Waals surface area contributed by atoms with E-state index in [1.165, 1.54) is 5.56 Å². The van der Waals surface area contributed by atoms with Crippen LogP contribution in [0.1, 0.15) is 31.5 Å². The number of benzene rings is 2. The molecule has 4 nitrogen and oxygen atoms in total. The van der Waals surface area contributed by atoms with Gasteiger partial charge in [-0.15, -0.1) is 0 Å². The van der Waals surface area contributed by atoms with E-state index in [9.17, 15) is 10.4 Å². The Labute approximate surface area is 187 Å². The molecule has 3 aromatic rings. The third-order valence-electron chi connectivity index (χ3n) is 7.12. The molecule has 0 saturated heterocycles. The van der Waals surface area contributed by atoms with Crippen LogP contribution < -0.4 is 0 Å². The van der Waals surface area contributed by atoms with Crippen molar-refractivity contribution in [3.8, 4) is 23.0 Å². The molecule has 1 heterocycles. The summed E-state index contributed by atoms with van der Waals surface area (Å²) in [5.74, 6) is 0.213. The van der Waals surface area contributed by atoms with Gasteiger partial charge < -0.3 is 5.11 Å². The largest absolute Gasteiger partial charge is 0.387 e. The highest BCUT2D eigenvalue weighted by atomic mass is 35.5. The first-order chi connectivity index (χ1) is 14.9. The highest BCUT2D eigenvalue weighted by Gasteiger charge is 2.50. The van der Waals surface area contributed by atoms with E-state index in [0.29, 0.717) is 10.6 Å². The molecule has 5 rings (SSSR count). The van der Waals surface area contributed by atoms with Crippen molar-refractivity contribution in [2.75, 3.05) is 0 Å². The Bertz CT molecular complexity index is 1210. The van der Waals surface area contributed by atoms with Crippen molar-refractivity contribution in [1.82, 2.24) is 9.78 Å². The van der Waals surface area contributed by atoms with E-state index in [1.54, 1.807) is 0 Å². The van der Waals surface area contributed by atoms with E-state index in [-0.39, 0.29) is 11.8 Å². The van der Waals surface area contributed by atoms with Crippen molar-refractivity contribution in [2.24, 2.45) is 11.8 Å². The zero-order valence-electron chi connectivity index (χ0n) is 17.6. The van der Waals surface area contributed by atoms with Crippen LogP contribution in [0.25, 0.3) is 16.9 Å². The fourth-order valence-corrected chi connectivity index (χ4v) is 5.73. The molecule has 1 aromatic heterocycles. The summed E-state index contributed by atoms with van der Waals surface area (Å²) < 4.78 is 2.02. The minimum atomic E-state index is -0.717. The van der Waals surface area contributed by atoms with Crippen molar-refractivity contribution in [3.63, 3.8) is 0 Å². The van der Waals surface area contributed by atoms with Gasteiger partial charge in [-0.2, -0.15) is 10.4 Å². The van der Waals surface area contributed by atoms with Crippen molar-refractivity contribution < 1.29 is 5.11 Å². The fourth-order valence-electron chi connectivity index (χ4n) is 5.61. The molecule has 0 aliphatic heterocycles. The maximum Gasteiger partial charge on any atom is 0.0971 e. The van der Waals surface area contributed by atoms with Crippen molar-refractivity contribution in [1.29, 1.82) is 5.26 Å². The van der Waals surface area contributed by atoms with Crippen molar-refractivity contribution in [2.45, 2.75) is 38.2 Å². The van der Waals surface area contributed by atoms with E-state index in [0.717, 1.165) is 35.5 Å². The topological polar surface area (TPSA) is 61.8 Å². The van der Waals surface area contributed by atoms with Gasteiger partial charge in [-0.1, -0.05) is 61.9 Å². The number of aliphatic hydroxyl groups is 1. The molecule has 0 radical (unpaired) electrons. The number of halogens is 1. The summed E-state index contributed by atoms with van der Waals surface area (Å²) in [6.07, 6.45) is 3.11. The van der Waals surface area contributed by atoms with Crippen LogP contribution in [0, 0.1) is 23.2 Å². The second kappa shape index (κ2) is 7.37. The maximum absolute atomic E-state index is 10.7. The third-order valence-corrected chi connectivity index (χ3v) is 7.38. The lowest BCUT2D eigenvalue weighted by molar-refractivity contribution is 0.0664. The van der Waals surface area contributed by atoms with Crippen LogP contribution in [-0.2, 0) is 11.8 Å². The number of allylic oxidation sites excluding steroid dienone is 1. The first-order valence-corrected chi connectivity index (χ1v) is 11.1. The zero-order chi connectivity index (χ0) is 21.8. The molecule has 0 fully saturated rings. The molecule has 1 unspecified atom stereocenters. The molecular formula is C26H24ClN3O. The molecule has 156 valence electrons. The monoisotopic (exact) mass is 429 g/mol. The van der Waals surface area contributed by atoms with Gasteiger partial charge in [-0.05, 0) is 48.9 Å². The predicted octanol–water partition coefficient (Wildman–Crippen LogP) is 5.47. The Morgan fingerprint density at radius 2 is 1.87 bits per heavy atom. The molecule has 2 aliphatic rings. The Morgan fingerprint density at radius 1 is 1.16 bits per heavy atom. The van der Waals surface area contributed by atoms with E-state index in [4.69, 9.17) is 16.7 Å². The number of nitriles is 1. The lowest BCUT2D eigenvalue weighted by atomic mass is 9.57. The Kier molecular flexibility index (Phi) is 4.77. The first kappa shape index (κ1) is 20.1. The highest BCUT2D eigenvalue weighted by molar-refractivity contribution is 6.30. The van der Waals surface area contributed by atoms with Crippen LogP contribution in [0.3, 0.4) is 0 Å². The second-order valence-corrected chi connectivity index (χ2v) is 9.31. The number of fused-ring (bicyclic) bond motifs is 3. The molecule has 0 saturated carbocycles. The molecule has 2 aromatic carbocycles. The molecule has 0 bridgehead atoms. The standard InChI is InChI=1S/C26H24ClN3O/c1-16-22-13-12-21-23(17-6-4-3-5-7-17)29-30(20-10-8-19(27)9-11-20)25(21)26(22,2)14-18(15-28)24(16)31/h3-11,14,16,22,24,31H,12-13H2,1-2H3/t16-,22-,24?,26-/m1/s1. The fraction of sp³-hybridized carbons (Fsp3) is 0.308. The van der Waals surface area contributed by atoms with Crippen LogP contribution in [0.4, 0.5) is 0 Å². The minimum Gasteiger partial charge on any atom is -0.387 e. The molecule has 0 spiro atoms. The van der Waals surface area contributed by atoms with Crippen molar-refractivity contribution in [3.05, 3.63) is 82.5 Å². The molecule has 5 heteroatoms.